The highest BCUT2D eigenvalue weighted by molar-refractivity contribution is 7.85. The number of hydrogen-bond donors (Lipinski definition) is 0. The summed E-state index contributed by atoms with van der Waals surface area (Å²) in [6.45, 7) is 4.06. The minimum Gasteiger partial charge on any atom is -0.466 e. The number of aromatic nitrogens is 4. The molecule has 10 heteroatoms. The molecule has 1 aliphatic rings. The SMILES string of the molecule is CCOC(=O)CC1CCCC(c2ccc(-c3nnn(C)c3COS(C)(=O)=O)nc2C)C1. The third-order valence-corrected chi connectivity index (χ3v) is 6.25. The molecule has 0 amide bonds. The highest BCUT2D eigenvalue weighted by Gasteiger charge is 2.27. The van der Waals surface area contributed by atoms with Crippen LogP contribution in [0.5, 0.6) is 0 Å². The molecule has 0 bridgehead atoms. The zero-order valence-corrected chi connectivity index (χ0v) is 19.3. The van der Waals surface area contributed by atoms with Gasteiger partial charge in [0.05, 0.1) is 24.3 Å². The van der Waals surface area contributed by atoms with Crippen molar-refractivity contribution < 1.29 is 22.1 Å². The van der Waals surface area contributed by atoms with E-state index < -0.39 is 10.1 Å². The average molecular weight is 451 g/mol. The molecule has 0 radical (unpaired) electrons. The summed E-state index contributed by atoms with van der Waals surface area (Å²) in [5, 5.41) is 8.15. The largest absolute Gasteiger partial charge is 0.466 e. The Hall–Kier alpha value is -2.33. The van der Waals surface area contributed by atoms with Crippen molar-refractivity contribution in [2.75, 3.05) is 12.9 Å². The van der Waals surface area contributed by atoms with Crippen LogP contribution in [0.2, 0.25) is 0 Å². The Morgan fingerprint density at radius 2 is 2.06 bits per heavy atom. The molecule has 31 heavy (non-hydrogen) atoms. The topological polar surface area (TPSA) is 113 Å². The first-order valence-corrected chi connectivity index (χ1v) is 12.4. The van der Waals surface area contributed by atoms with Gasteiger partial charge in [0.2, 0.25) is 0 Å². The number of carbonyl (C=O) groups excluding carboxylic acids is 1. The van der Waals surface area contributed by atoms with Gasteiger partial charge in [-0.1, -0.05) is 17.7 Å². The lowest BCUT2D eigenvalue weighted by Crippen LogP contribution is -2.19. The van der Waals surface area contributed by atoms with Crippen LogP contribution in [-0.2, 0) is 37.5 Å². The van der Waals surface area contributed by atoms with Crippen LogP contribution >= 0.6 is 0 Å². The van der Waals surface area contributed by atoms with E-state index >= 15 is 0 Å². The van der Waals surface area contributed by atoms with E-state index in [1.54, 1.807) is 7.05 Å². The normalized spacial score (nSPS) is 19.4. The Morgan fingerprint density at radius 1 is 1.29 bits per heavy atom. The fourth-order valence-electron chi connectivity index (χ4n) is 4.25. The quantitative estimate of drug-likeness (QED) is 0.446. The van der Waals surface area contributed by atoms with Gasteiger partial charge >= 0.3 is 5.97 Å². The second-order valence-electron chi connectivity index (χ2n) is 8.08. The summed E-state index contributed by atoms with van der Waals surface area (Å²) in [6.07, 6.45) is 5.61. The molecule has 2 aromatic heterocycles. The van der Waals surface area contributed by atoms with Crippen molar-refractivity contribution >= 4 is 16.1 Å². The molecule has 2 unspecified atom stereocenters. The summed E-state index contributed by atoms with van der Waals surface area (Å²) in [6, 6.07) is 3.95. The maximum Gasteiger partial charge on any atom is 0.306 e. The van der Waals surface area contributed by atoms with E-state index in [1.807, 2.05) is 19.9 Å². The molecule has 3 rings (SSSR count). The summed E-state index contributed by atoms with van der Waals surface area (Å²) < 4.78 is 34.3. The fourth-order valence-corrected chi connectivity index (χ4v) is 4.58. The van der Waals surface area contributed by atoms with Crippen LogP contribution in [0.15, 0.2) is 12.1 Å². The van der Waals surface area contributed by atoms with E-state index in [2.05, 4.69) is 16.4 Å². The number of carbonyl (C=O) groups is 1. The van der Waals surface area contributed by atoms with Gasteiger partial charge in [-0.3, -0.25) is 14.0 Å². The molecular weight excluding hydrogens is 420 g/mol. The van der Waals surface area contributed by atoms with E-state index in [0.29, 0.717) is 41.9 Å². The molecule has 1 saturated carbocycles. The molecule has 2 atom stereocenters. The van der Waals surface area contributed by atoms with Crippen LogP contribution in [-0.4, -0.2) is 47.2 Å². The van der Waals surface area contributed by atoms with E-state index in [0.717, 1.165) is 37.6 Å². The van der Waals surface area contributed by atoms with Crippen LogP contribution in [0.25, 0.3) is 11.4 Å². The first-order valence-electron chi connectivity index (χ1n) is 10.5. The molecule has 9 nitrogen and oxygen atoms in total. The van der Waals surface area contributed by atoms with Crippen molar-refractivity contribution in [3.05, 3.63) is 29.1 Å². The zero-order valence-electron chi connectivity index (χ0n) is 18.5. The second-order valence-corrected chi connectivity index (χ2v) is 9.73. The smallest absolute Gasteiger partial charge is 0.306 e. The highest BCUT2D eigenvalue weighted by atomic mass is 32.2. The summed E-state index contributed by atoms with van der Waals surface area (Å²) in [7, 11) is -1.90. The van der Waals surface area contributed by atoms with Crippen molar-refractivity contribution in [1.82, 2.24) is 20.0 Å². The van der Waals surface area contributed by atoms with Crippen molar-refractivity contribution in [2.24, 2.45) is 13.0 Å². The average Bonchev–Trinajstić information content (AvgIpc) is 3.06. The van der Waals surface area contributed by atoms with Gasteiger partial charge in [0.1, 0.15) is 12.3 Å². The molecule has 0 spiro atoms. The van der Waals surface area contributed by atoms with Crippen molar-refractivity contribution in [3.63, 3.8) is 0 Å². The first-order chi connectivity index (χ1) is 14.7. The lowest BCUT2D eigenvalue weighted by atomic mass is 9.76. The van der Waals surface area contributed by atoms with Gasteiger partial charge in [-0.2, -0.15) is 8.42 Å². The maximum atomic E-state index is 11.9. The second kappa shape index (κ2) is 9.86. The van der Waals surface area contributed by atoms with Crippen molar-refractivity contribution in [2.45, 2.75) is 58.5 Å². The summed E-state index contributed by atoms with van der Waals surface area (Å²) >= 11 is 0. The van der Waals surface area contributed by atoms with Gasteiger partial charge in [0.25, 0.3) is 10.1 Å². The van der Waals surface area contributed by atoms with E-state index in [1.165, 1.54) is 10.2 Å². The van der Waals surface area contributed by atoms with E-state index in [9.17, 15) is 13.2 Å². The van der Waals surface area contributed by atoms with Gasteiger partial charge in [-0.05, 0) is 56.6 Å². The lowest BCUT2D eigenvalue weighted by molar-refractivity contribution is -0.144. The minimum absolute atomic E-state index is 0.121. The minimum atomic E-state index is -3.59. The van der Waals surface area contributed by atoms with Gasteiger partial charge in [-0.15, -0.1) is 5.10 Å². The summed E-state index contributed by atoms with van der Waals surface area (Å²) in [5.41, 5.74) is 3.75. The fraction of sp³-hybridized carbons (Fsp3) is 0.619. The predicted molar refractivity (Wildman–Crippen MR) is 115 cm³/mol. The molecule has 0 N–H and O–H groups in total. The number of esters is 1. The monoisotopic (exact) mass is 450 g/mol. The van der Waals surface area contributed by atoms with Crippen molar-refractivity contribution in [3.8, 4) is 11.4 Å². The van der Waals surface area contributed by atoms with Crippen molar-refractivity contribution in [1.29, 1.82) is 0 Å². The molecule has 1 fully saturated rings. The molecular formula is C21H30N4O5S. The third-order valence-electron chi connectivity index (χ3n) is 5.71. The zero-order chi connectivity index (χ0) is 22.6. The summed E-state index contributed by atoms with van der Waals surface area (Å²) in [4.78, 5) is 16.6. The molecule has 2 aromatic rings. The first kappa shape index (κ1) is 23.3. The number of nitrogens with zero attached hydrogens (tertiary/aromatic N) is 4. The van der Waals surface area contributed by atoms with Gasteiger partial charge in [0.15, 0.2) is 0 Å². The Balaban J connectivity index is 1.77. The Labute approximate surface area is 183 Å². The number of rotatable bonds is 8. The summed E-state index contributed by atoms with van der Waals surface area (Å²) in [5.74, 6) is 0.561. The van der Waals surface area contributed by atoms with Crippen LogP contribution in [0.3, 0.4) is 0 Å². The number of ether oxygens (including phenoxy) is 1. The van der Waals surface area contributed by atoms with Gasteiger partial charge < -0.3 is 4.74 Å². The van der Waals surface area contributed by atoms with Crippen LogP contribution in [0.4, 0.5) is 0 Å². The van der Waals surface area contributed by atoms with Crippen LogP contribution < -0.4 is 0 Å². The van der Waals surface area contributed by atoms with Gasteiger partial charge in [-0.25, -0.2) is 4.68 Å². The third kappa shape index (κ3) is 6.10. The molecule has 0 saturated heterocycles. The molecule has 170 valence electrons. The maximum absolute atomic E-state index is 11.9. The molecule has 2 heterocycles. The van der Waals surface area contributed by atoms with E-state index in [4.69, 9.17) is 13.9 Å². The van der Waals surface area contributed by atoms with Gasteiger partial charge in [0, 0.05) is 19.2 Å². The molecule has 0 aliphatic heterocycles. The number of hydrogen-bond acceptors (Lipinski definition) is 8. The lowest BCUT2D eigenvalue weighted by Gasteiger charge is -2.29. The Bertz CT molecular complexity index is 1030. The van der Waals surface area contributed by atoms with E-state index in [-0.39, 0.29) is 12.6 Å². The van der Waals surface area contributed by atoms with Crippen LogP contribution in [0, 0.1) is 12.8 Å². The highest BCUT2D eigenvalue weighted by Crippen LogP contribution is 2.39. The number of pyridine rings is 1. The molecule has 1 aliphatic carbocycles. The Kier molecular flexibility index (Phi) is 7.42. The predicted octanol–water partition coefficient (Wildman–Crippen LogP) is 2.89. The van der Waals surface area contributed by atoms with Crippen LogP contribution in [0.1, 0.15) is 61.9 Å². The Morgan fingerprint density at radius 3 is 2.74 bits per heavy atom. The number of aryl methyl sites for hydroxylation is 2. The standard InChI is InChI=1S/C21H30N4O5S/c1-5-29-20(26)12-15-7-6-8-16(11-15)17-9-10-18(22-14(17)2)21-19(25(3)24-23-21)13-30-31(4,27)28/h9-10,15-16H,5-8,11-13H2,1-4H3. The molecule has 0 aromatic carbocycles.